The summed E-state index contributed by atoms with van der Waals surface area (Å²) in [5.74, 6) is -2.00. The number of carbonyl (C=O) groups is 5. The van der Waals surface area contributed by atoms with Gasteiger partial charge in [0.1, 0.15) is 12.6 Å². The van der Waals surface area contributed by atoms with Crippen molar-refractivity contribution in [3.05, 3.63) is 15.8 Å². The van der Waals surface area contributed by atoms with Gasteiger partial charge in [-0.15, -0.1) is 11.3 Å². The summed E-state index contributed by atoms with van der Waals surface area (Å²) < 4.78 is 4.69. The number of piperidine rings is 1. The van der Waals surface area contributed by atoms with E-state index in [0.717, 1.165) is 11.3 Å². The number of anilines is 1. The van der Waals surface area contributed by atoms with Crippen LogP contribution in [-0.2, 0) is 25.7 Å². The number of nitrogens with two attached hydrogens (primary N) is 1. The van der Waals surface area contributed by atoms with Gasteiger partial charge in [-0.2, -0.15) is 0 Å². The number of imide groups is 1. The van der Waals surface area contributed by atoms with Crippen LogP contribution in [0.3, 0.4) is 0 Å². The maximum atomic E-state index is 12.4. The first-order valence-corrected chi connectivity index (χ1v) is 8.10. The Labute approximate surface area is 146 Å². The van der Waals surface area contributed by atoms with Gasteiger partial charge in [-0.25, -0.2) is 4.79 Å². The van der Waals surface area contributed by atoms with Crippen LogP contribution in [0.4, 0.5) is 10.5 Å². The highest BCUT2D eigenvalue weighted by atomic mass is 32.1. The second kappa shape index (κ2) is 7.75. The van der Waals surface area contributed by atoms with Gasteiger partial charge in [0.25, 0.3) is 5.91 Å². The van der Waals surface area contributed by atoms with Gasteiger partial charge in [-0.3, -0.25) is 24.5 Å². The van der Waals surface area contributed by atoms with Crippen LogP contribution in [0.15, 0.2) is 5.38 Å². The zero-order chi connectivity index (χ0) is 18.6. The maximum absolute atomic E-state index is 12.4. The number of amides is 5. The smallest absolute Gasteiger partial charge is 0.404 e. The summed E-state index contributed by atoms with van der Waals surface area (Å²) in [7, 11) is 0. The molecular weight excluding hydrogens is 352 g/mol. The molecule has 1 aliphatic heterocycles. The molecule has 1 aliphatic rings. The van der Waals surface area contributed by atoms with Crippen molar-refractivity contribution in [2.24, 2.45) is 5.73 Å². The number of nitrogens with one attached hydrogen (secondary N) is 3. The van der Waals surface area contributed by atoms with E-state index in [2.05, 4.69) is 20.7 Å². The van der Waals surface area contributed by atoms with Crippen molar-refractivity contribution >= 4 is 46.7 Å². The van der Waals surface area contributed by atoms with E-state index in [4.69, 9.17) is 5.73 Å². The third kappa shape index (κ3) is 4.76. The lowest BCUT2D eigenvalue weighted by molar-refractivity contribution is -0.134. The molecule has 1 aromatic rings. The van der Waals surface area contributed by atoms with Gasteiger partial charge in [0.05, 0.1) is 16.1 Å². The van der Waals surface area contributed by atoms with Crippen molar-refractivity contribution in [1.82, 2.24) is 10.6 Å². The molecule has 0 spiro atoms. The summed E-state index contributed by atoms with van der Waals surface area (Å²) in [5.41, 5.74) is 5.22. The Balaban J connectivity index is 2.17. The van der Waals surface area contributed by atoms with Gasteiger partial charge in [0, 0.05) is 18.7 Å². The van der Waals surface area contributed by atoms with Crippen LogP contribution in [0, 0.1) is 0 Å². The third-order valence-electron chi connectivity index (χ3n) is 3.30. The molecule has 0 aromatic carbocycles. The normalized spacial score (nSPS) is 16.8. The van der Waals surface area contributed by atoms with E-state index in [9.17, 15) is 24.0 Å². The molecule has 134 valence electrons. The summed E-state index contributed by atoms with van der Waals surface area (Å²) in [6, 6.07) is -0.847. The average Bonchev–Trinajstić information content (AvgIpc) is 2.90. The number of rotatable bonds is 5. The highest BCUT2D eigenvalue weighted by Crippen LogP contribution is 2.29. The topological polar surface area (TPSA) is 157 Å². The quantitative estimate of drug-likeness (QED) is 0.529. The first-order valence-electron chi connectivity index (χ1n) is 7.22. The zero-order valence-electron chi connectivity index (χ0n) is 13.2. The van der Waals surface area contributed by atoms with Crippen LogP contribution in [0.2, 0.25) is 0 Å². The predicted molar refractivity (Wildman–Crippen MR) is 86.6 cm³/mol. The van der Waals surface area contributed by atoms with E-state index in [1.54, 1.807) is 0 Å². The summed E-state index contributed by atoms with van der Waals surface area (Å²) >= 11 is 1.09. The Kier molecular flexibility index (Phi) is 5.70. The van der Waals surface area contributed by atoms with Crippen LogP contribution < -0.4 is 21.7 Å². The standard InChI is InChI=1S/C14H16N4O6S/c1-6(19)16-11-7(5-25-9(11)4-24-14(15)23)12(21)17-8-2-3-10(20)18-13(8)22/h5,8H,2-4H2,1H3,(H2,15,23)(H,16,19)(H,17,21)(H,18,20,22). The lowest BCUT2D eigenvalue weighted by atomic mass is 10.1. The lowest BCUT2D eigenvalue weighted by Crippen LogP contribution is -2.52. The Morgan fingerprint density at radius 1 is 1.40 bits per heavy atom. The molecular formula is C14H16N4O6S. The maximum Gasteiger partial charge on any atom is 0.404 e. The number of primary amides is 1. The molecule has 5 N–H and O–H groups in total. The van der Waals surface area contributed by atoms with Gasteiger partial charge >= 0.3 is 6.09 Å². The molecule has 1 fully saturated rings. The number of thiophene rings is 1. The fourth-order valence-electron chi connectivity index (χ4n) is 2.19. The van der Waals surface area contributed by atoms with Gasteiger partial charge in [-0.1, -0.05) is 0 Å². The summed E-state index contributed by atoms with van der Waals surface area (Å²) in [6.45, 7) is 1.06. The van der Waals surface area contributed by atoms with Crippen molar-refractivity contribution in [1.29, 1.82) is 0 Å². The van der Waals surface area contributed by atoms with Crippen LogP contribution in [0.5, 0.6) is 0 Å². The minimum Gasteiger partial charge on any atom is -0.444 e. The average molecular weight is 368 g/mol. The number of hydrogen-bond donors (Lipinski definition) is 4. The zero-order valence-corrected chi connectivity index (χ0v) is 14.0. The number of ether oxygens (including phenoxy) is 1. The fourth-order valence-corrected chi connectivity index (χ4v) is 3.08. The molecule has 11 heteroatoms. The number of hydrogen-bond acceptors (Lipinski definition) is 7. The Hall–Kier alpha value is -2.95. The van der Waals surface area contributed by atoms with E-state index in [1.165, 1.54) is 12.3 Å². The molecule has 1 atom stereocenters. The third-order valence-corrected chi connectivity index (χ3v) is 4.26. The first kappa shape index (κ1) is 18.4. The monoisotopic (exact) mass is 368 g/mol. The Bertz CT molecular complexity index is 744. The molecule has 0 aliphatic carbocycles. The highest BCUT2D eigenvalue weighted by Gasteiger charge is 2.29. The van der Waals surface area contributed by atoms with Gasteiger partial charge < -0.3 is 21.1 Å². The highest BCUT2D eigenvalue weighted by molar-refractivity contribution is 7.11. The van der Waals surface area contributed by atoms with Gasteiger partial charge in [0.15, 0.2) is 0 Å². The lowest BCUT2D eigenvalue weighted by Gasteiger charge is -2.21. The second-order valence-electron chi connectivity index (χ2n) is 5.21. The molecule has 1 unspecified atom stereocenters. The van der Waals surface area contributed by atoms with Crippen molar-refractivity contribution in [2.45, 2.75) is 32.4 Å². The van der Waals surface area contributed by atoms with E-state index < -0.39 is 35.8 Å². The van der Waals surface area contributed by atoms with Crippen LogP contribution in [-0.4, -0.2) is 35.8 Å². The molecule has 25 heavy (non-hydrogen) atoms. The predicted octanol–water partition coefficient (Wildman–Crippen LogP) is -0.163. The molecule has 1 saturated heterocycles. The number of carbonyl (C=O) groups excluding carboxylic acids is 5. The molecule has 5 amide bonds. The van der Waals surface area contributed by atoms with Crippen molar-refractivity contribution in [2.75, 3.05) is 5.32 Å². The van der Waals surface area contributed by atoms with E-state index in [1.807, 2.05) is 0 Å². The first-order chi connectivity index (χ1) is 11.8. The molecule has 2 heterocycles. The van der Waals surface area contributed by atoms with Crippen molar-refractivity contribution in [3.8, 4) is 0 Å². The molecule has 10 nitrogen and oxygen atoms in total. The van der Waals surface area contributed by atoms with Gasteiger partial charge in [0.2, 0.25) is 17.7 Å². The minimum atomic E-state index is -0.989. The molecule has 0 saturated carbocycles. The minimum absolute atomic E-state index is 0.118. The Morgan fingerprint density at radius 3 is 2.72 bits per heavy atom. The second-order valence-corrected chi connectivity index (χ2v) is 6.18. The largest absolute Gasteiger partial charge is 0.444 e. The van der Waals surface area contributed by atoms with E-state index >= 15 is 0 Å². The summed E-state index contributed by atoms with van der Waals surface area (Å²) in [5, 5.41) is 8.63. The summed E-state index contributed by atoms with van der Waals surface area (Å²) in [6.07, 6.45) is -0.679. The molecule has 0 radical (unpaired) electrons. The van der Waals surface area contributed by atoms with Crippen LogP contribution >= 0.6 is 11.3 Å². The van der Waals surface area contributed by atoms with Crippen LogP contribution in [0.1, 0.15) is 35.0 Å². The van der Waals surface area contributed by atoms with Gasteiger partial charge in [-0.05, 0) is 6.42 Å². The van der Waals surface area contributed by atoms with E-state index in [-0.39, 0.29) is 30.7 Å². The molecule has 0 bridgehead atoms. The Morgan fingerprint density at radius 2 is 2.12 bits per heavy atom. The fraction of sp³-hybridized carbons (Fsp3) is 0.357. The molecule has 2 rings (SSSR count). The van der Waals surface area contributed by atoms with Crippen molar-refractivity contribution < 1.29 is 28.7 Å². The molecule has 1 aromatic heterocycles. The summed E-state index contributed by atoms with van der Waals surface area (Å²) in [4.78, 5) is 57.9. The van der Waals surface area contributed by atoms with Crippen molar-refractivity contribution in [3.63, 3.8) is 0 Å². The van der Waals surface area contributed by atoms with E-state index in [0.29, 0.717) is 4.88 Å². The van der Waals surface area contributed by atoms with Crippen LogP contribution in [0.25, 0.3) is 0 Å². The SMILES string of the molecule is CC(=O)Nc1c(C(=O)NC2CCC(=O)NC2=O)csc1COC(N)=O.